The van der Waals surface area contributed by atoms with E-state index in [1.807, 2.05) is 60.0 Å². The highest BCUT2D eigenvalue weighted by atomic mass is 35.5. The minimum Gasteiger partial charge on any atom is -0.332 e. The molecule has 1 aromatic heterocycles. The van der Waals surface area contributed by atoms with Crippen molar-refractivity contribution in [3.63, 3.8) is 0 Å². The Morgan fingerprint density at radius 2 is 1.81 bits per heavy atom. The molecule has 0 bridgehead atoms. The second-order valence-corrected chi connectivity index (χ2v) is 8.21. The van der Waals surface area contributed by atoms with Crippen LogP contribution in [0.4, 0.5) is 5.69 Å². The van der Waals surface area contributed by atoms with Gasteiger partial charge in [0, 0.05) is 22.5 Å². The number of rotatable bonds is 6. The molecule has 0 aliphatic heterocycles. The molecular formula is C20H17ClN2O2S2. The van der Waals surface area contributed by atoms with Crippen molar-refractivity contribution in [1.29, 1.82) is 0 Å². The van der Waals surface area contributed by atoms with E-state index in [-0.39, 0.29) is 18.4 Å². The van der Waals surface area contributed by atoms with Crippen LogP contribution in [0.5, 0.6) is 0 Å². The van der Waals surface area contributed by atoms with Crippen LogP contribution < -0.4 is 5.32 Å². The van der Waals surface area contributed by atoms with E-state index in [1.165, 1.54) is 16.2 Å². The van der Waals surface area contributed by atoms with Gasteiger partial charge in [-0.1, -0.05) is 41.6 Å². The molecule has 0 radical (unpaired) electrons. The van der Waals surface area contributed by atoms with E-state index in [1.54, 1.807) is 24.9 Å². The normalized spacial score (nSPS) is 10.4. The monoisotopic (exact) mass is 416 g/mol. The van der Waals surface area contributed by atoms with Crippen molar-refractivity contribution in [3.05, 3.63) is 75.9 Å². The smallest absolute Gasteiger partial charge is 0.264 e. The van der Waals surface area contributed by atoms with Gasteiger partial charge in [0.1, 0.15) is 0 Å². The molecule has 0 fully saturated rings. The Balaban J connectivity index is 1.55. The van der Waals surface area contributed by atoms with Crippen molar-refractivity contribution < 1.29 is 9.59 Å². The number of hydrogen-bond acceptors (Lipinski definition) is 4. The van der Waals surface area contributed by atoms with E-state index in [9.17, 15) is 9.59 Å². The summed E-state index contributed by atoms with van der Waals surface area (Å²) in [5, 5.41) is 5.35. The first-order valence-corrected chi connectivity index (χ1v) is 10.2. The maximum Gasteiger partial charge on any atom is 0.264 e. The number of benzene rings is 2. The van der Waals surface area contributed by atoms with Crippen LogP contribution in [0.1, 0.15) is 9.67 Å². The number of thiophene rings is 1. The maximum absolute atomic E-state index is 12.2. The van der Waals surface area contributed by atoms with Crippen LogP contribution in [0.2, 0.25) is 5.02 Å². The number of likely N-dealkylation sites (N-methyl/N-ethyl adjacent to an activating group) is 1. The van der Waals surface area contributed by atoms with Crippen molar-refractivity contribution >= 4 is 52.2 Å². The van der Waals surface area contributed by atoms with E-state index >= 15 is 0 Å². The summed E-state index contributed by atoms with van der Waals surface area (Å²) in [5.41, 5.74) is 0.681. The molecule has 0 aliphatic rings. The van der Waals surface area contributed by atoms with Crippen molar-refractivity contribution in [2.24, 2.45) is 0 Å². The predicted octanol–water partition coefficient (Wildman–Crippen LogP) is 5.26. The lowest BCUT2D eigenvalue weighted by Crippen LogP contribution is -2.34. The molecule has 138 valence electrons. The molecule has 2 aromatic carbocycles. The quantitative estimate of drug-likeness (QED) is 0.596. The van der Waals surface area contributed by atoms with Crippen LogP contribution in [-0.4, -0.2) is 30.3 Å². The number of anilines is 1. The zero-order chi connectivity index (χ0) is 19.2. The molecule has 0 spiro atoms. The largest absolute Gasteiger partial charge is 0.332 e. The van der Waals surface area contributed by atoms with E-state index in [2.05, 4.69) is 5.32 Å². The minimum absolute atomic E-state index is 0.00709. The lowest BCUT2D eigenvalue weighted by Gasteiger charge is -2.16. The lowest BCUT2D eigenvalue weighted by atomic mass is 10.3. The molecule has 0 unspecified atom stereocenters. The second kappa shape index (κ2) is 9.08. The van der Waals surface area contributed by atoms with E-state index in [0.717, 1.165) is 9.79 Å². The van der Waals surface area contributed by atoms with Gasteiger partial charge in [0.2, 0.25) is 5.91 Å². The van der Waals surface area contributed by atoms with Crippen molar-refractivity contribution in [2.45, 2.75) is 9.79 Å². The lowest BCUT2D eigenvalue weighted by molar-refractivity contribution is -0.116. The first-order valence-electron chi connectivity index (χ1n) is 8.14. The number of carbonyl (C=O) groups excluding carboxylic acids is 2. The Morgan fingerprint density at radius 1 is 1.07 bits per heavy atom. The van der Waals surface area contributed by atoms with Crippen molar-refractivity contribution in [3.8, 4) is 0 Å². The Morgan fingerprint density at radius 3 is 2.48 bits per heavy atom. The number of halogens is 1. The van der Waals surface area contributed by atoms with Crippen LogP contribution in [0, 0.1) is 0 Å². The van der Waals surface area contributed by atoms with Crippen LogP contribution in [-0.2, 0) is 4.79 Å². The molecule has 2 amide bonds. The van der Waals surface area contributed by atoms with E-state index in [4.69, 9.17) is 11.6 Å². The Hall–Kier alpha value is -2.28. The summed E-state index contributed by atoms with van der Waals surface area (Å²) in [6.07, 6.45) is 0. The first kappa shape index (κ1) is 19.5. The molecule has 4 nitrogen and oxygen atoms in total. The molecule has 0 saturated carbocycles. The summed E-state index contributed by atoms with van der Waals surface area (Å²) in [7, 11) is 1.62. The van der Waals surface area contributed by atoms with Gasteiger partial charge in [-0.25, -0.2) is 0 Å². The predicted molar refractivity (Wildman–Crippen MR) is 112 cm³/mol. The summed E-state index contributed by atoms with van der Waals surface area (Å²) in [5.74, 6) is -0.402. The van der Waals surface area contributed by atoms with Gasteiger partial charge < -0.3 is 10.2 Å². The van der Waals surface area contributed by atoms with Gasteiger partial charge >= 0.3 is 0 Å². The molecule has 3 aromatic rings. The van der Waals surface area contributed by atoms with Crippen LogP contribution >= 0.6 is 34.7 Å². The fourth-order valence-electron chi connectivity index (χ4n) is 2.34. The summed E-state index contributed by atoms with van der Waals surface area (Å²) in [6.45, 7) is -0.00709. The van der Waals surface area contributed by atoms with Gasteiger partial charge in [-0.2, -0.15) is 0 Å². The molecule has 1 heterocycles. The number of hydrogen-bond donors (Lipinski definition) is 1. The molecule has 3 rings (SSSR count). The fourth-order valence-corrected chi connectivity index (χ4v) is 4.14. The fraction of sp³-hybridized carbons (Fsp3) is 0.100. The van der Waals surface area contributed by atoms with Gasteiger partial charge in [0.05, 0.1) is 16.4 Å². The van der Waals surface area contributed by atoms with Gasteiger partial charge in [-0.05, 0) is 47.8 Å². The maximum atomic E-state index is 12.2. The van der Waals surface area contributed by atoms with Gasteiger partial charge in [0.15, 0.2) is 0 Å². The molecular weight excluding hydrogens is 400 g/mol. The Bertz CT molecular complexity index is 927. The highest BCUT2D eigenvalue weighted by Crippen LogP contribution is 2.33. The third-order valence-electron chi connectivity index (χ3n) is 3.66. The van der Waals surface area contributed by atoms with Crippen LogP contribution in [0.3, 0.4) is 0 Å². The van der Waals surface area contributed by atoms with Crippen LogP contribution in [0.25, 0.3) is 0 Å². The van der Waals surface area contributed by atoms with Gasteiger partial charge in [-0.3, -0.25) is 9.59 Å². The molecule has 0 atom stereocenters. The van der Waals surface area contributed by atoms with Gasteiger partial charge in [0.25, 0.3) is 5.91 Å². The summed E-state index contributed by atoms with van der Waals surface area (Å²) in [4.78, 5) is 28.4. The molecule has 27 heavy (non-hydrogen) atoms. The SMILES string of the molecule is CN(CC(=O)Nc1ccc(Sc2ccccc2Cl)cc1)C(=O)c1cccs1. The van der Waals surface area contributed by atoms with E-state index in [0.29, 0.717) is 15.6 Å². The third-order valence-corrected chi connectivity index (χ3v) is 6.05. The Labute approximate surface area is 171 Å². The highest BCUT2D eigenvalue weighted by Gasteiger charge is 2.15. The molecule has 1 N–H and O–H groups in total. The zero-order valence-corrected chi connectivity index (χ0v) is 16.9. The first-order chi connectivity index (χ1) is 13.0. The number of amides is 2. The average Bonchev–Trinajstić information content (AvgIpc) is 3.19. The topological polar surface area (TPSA) is 49.4 Å². The minimum atomic E-state index is -0.242. The third kappa shape index (κ3) is 5.35. The summed E-state index contributed by atoms with van der Waals surface area (Å²) in [6, 6.07) is 18.7. The number of nitrogens with one attached hydrogen (secondary N) is 1. The highest BCUT2D eigenvalue weighted by molar-refractivity contribution is 7.99. The van der Waals surface area contributed by atoms with Crippen molar-refractivity contribution in [1.82, 2.24) is 4.90 Å². The number of nitrogens with zero attached hydrogens (tertiary/aromatic N) is 1. The molecule has 0 saturated heterocycles. The molecule has 0 aliphatic carbocycles. The standard InChI is InChI=1S/C20H17ClN2O2S2/c1-23(20(25)18-7-4-12-26-18)13-19(24)22-14-8-10-15(11-9-14)27-17-6-3-2-5-16(17)21/h2-12H,13H2,1H3,(H,22,24). The zero-order valence-electron chi connectivity index (χ0n) is 14.5. The van der Waals surface area contributed by atoms with Crippen molar-refractivity contribution in [2.75, 3.05) is 18.9 Å². The Kier molecular flexibility index (Phi) is 6.55. The summed E-state index contributed by atoms with van der Waals surface area (Å²) >= 11 is 9.09. The van der Waals surface area contributed by atoms with E-state index < -0.39 is 0 Å². The van der Waals surface area contributed by atoms with Crippen LogP contribution in [0.15, 0.2) is 75.8 Å². The second-order valence-electron chi connectivity index (χ2n) is 5.74. The number of carbonyl (C=O) groups is 2. The average molecular weight is 417 g/mol. The molecule has 7 heteroatoms. The summed E-state index contributed by atoms with van der Waals surface area (Å²) < 4.78 is 0. The van der Waals surface area contributed by atoms with Gasteiger partial charge in [-0.15, -0.1) is 11.3 Å².